The Kier molecular flexibility index (Phi) is 4.34. The molecule has 0 atom stereocenters. The lowest BCUT2D eigenvalue weighted by atomic mass is 9.74. The number of primary amides is 1. The first kappa shape index (κ1) is 15.5. The number of carbonyl (C=O) groups is 2. The van der Waals surface area contributed by atoms with Gasteiger partial charge in [-0.1, -0.05) is 18.5 Å². The molecule has 1 aliphatic heterocycles. The first-order valence-electron chi connectivity index (χ1n) is 7.43. The van der Waals surface area contributed by atoms with Crippen molar-refractivity contribution in [2.45, 2.75) is 46.5 Å². The Bertz CT molecular complexity index is 523. The van der Waals surface area contributed by atoms with E-state index in [1.165, 1.54) is 0 Å². The number of carbonyl (C=O) groups excluding carboxylic acids is 2. The Morgan fingerprint density at radius 1 is 1.33 bits per heavy atom. The number of nitrogens with two attached hydrogens (primary N) is 1. The molecule has 1 fully saturated rings. The highest BCUT2D eigenvalue weighted by molar-refractivity contribution is 5.96. The average molecular weight is 293 g/mol. The van der Waals surface area contributed by atoms with E-state index in [-0.39, 0.29) is 11.8 Å². The highest BCUT2D eigenvalue weighted by Gasteiger charge is 2.40. The number of nitrogens with zero attached hydrogens (tertiary/aromatic N) is 2. The minimum absolute atomic E-state index is 0.0687. The summed E-state index contributed by atoms with van der Waals surface area (Å²) in [4.78, 5) is 26.1. The van der Waals surface area contributed by atoms with Gasteiger partial charge in [0.15, 0.2) is 0 Å². The zero-order valence-electron chi connectivity index (χ0n) is 12.9. The summed E-state index contributed by atoms with van der Waals surface area (Å²) in [5, 5.41) is 3.82. The molecule has 0 radical (unpaired) electrons. The van der Waals surface area contributed by atoms with Gasteiger partial charge in [0, 0.05) is 13.1 Å². The fourth-order valence-corrected chi connectivity index (χ4v) is 3.18. The summed E-state index contributed by atoms with van der Waals surface area (Å²) >= 11 is 0. The van der Waals surface area contributed by atoms with E-state index in [9.17, 15) is 9.59 Å². The lowest BCUT2D eigenvalue weighted by Crippen LogP contribution is -2.48. The molecule has 1 saturated heterocycles. The summed E-state index contributed by atoms with van der Waals surface area (Å²) in [5.74, 6) is 0.229. The summed E-state index contributed by atoms with van der Waals surface area (Å²) in [6.45, 7) is 6.64. The third kappa shape index (κ3) is 2.80. The Labute approximate surface area is 124 Å². The van der Waals surface area contributed by atoms with E-state index in [1.807, 2.05) is 6.92 Å². The van der Waals surface area contributed by atoms with Crippen LogP contribution in [0.25, 0.3) is 0 Å². The molecule has 116 valence electrons. The lowest BCUT2D eigenvalue weighted by Gasteiger charge is -2.39. The van der Waals surface area contributed by atoms with Crippen molar-refractivity contribution < 1.29 is 14.1 Å². The van der Waals surface area contributed by atoms with E-state index in [0.717, 1.165) is 12.8 Å². The van der Waals surface area contributed by atoms with Gasteiger partial charge in [0.1, 0.15) is 11.3 Å². The number of rotatable bonds is 4. The topological polar surface area (TPSA) is 89.4 Å². The molecule has 2 rings (SSSR count). The Balaban J connectivity index is 2.10. The van der Waals surface area contributed by atoms with Crippen molar-refractivity contribution in [3.05, 3.63) is 17.0 Å². The highest BCUT2D eigenvalue weighted by Crippen LogP contribution is 2.36. The molecule has 21 heavy (non-hydrogen) atoms. The van der Waals surface area contributed by atoms with Crippen LogP contribution >= 0.6 is 0 Å². The quantitative estimate of drug-likeness (QED) is 0.916. The van der Waals surface area contributed by atoms with Gasteiger partial charge in [0.25, 0.3) is 5.91 Å². The van der Waals surface area contributed by atoms with Gasteiger partial charge in [-0.3, -0.25) is 9.59 Å². The molecule has 1 aromatic rings. The van der Waals surface area contributed by atoms with Crippen molar-refractivity contribution in [2.75, 3.05) is 13.1 Å². The molecule has 6 nitrogen and oxygen atoms in total. The summed E-state index contributed by atoms with van der Waals surface area (Å²) in [6, 6.07) is 0. The van der Waals surface area contributed by atoms with Gasteiger partial charge < -0.3 is 15.2 Å². The third-order valence-electron chi connectivity index (χ3n) is 4.51. The number of hydrogen-bond donors (Lipinski definition) is 1. The summed E-state index contributed by atoms with van der Waals surface area (Å²) in [5.41, 5.74) is 6.28. The van der Waals surface area contributed by atoms with Crippen LogP contribution in [0, 0.1) is 19.3 Å². The van der Waals surface area contributed by atoms with Gasteiger partial charge in [-0.05, 0) is 33.1 Å². The largest absolute Gasteiger partial charge is 0.369 e. The predicted molar refractivity (Wildman–Crippen MR) is 77.6 cm³/mol. The van der Waals surface area contributed by atoms with Gasteiger partial charge in [0.05, 0.1) is 11.1 Å². The maximum atomic E-state index is 12.6. The number of amides is 2. The normalized spacial score (nSPS) is 17.8. The van der Waals surface area contributed by atoms with Crippen LogP contribution in [-0.4, -0.2) is 35.0 Å². The predicted octanol–water partition coefficient (Wildman–Crippen LogP) is 1.80. The van der Waals surface area contributed by atoms with Crippen LogP contribution in [0.3, 0.4) is 0 Å². The molecular formula is C15H23N3O3. The Morgan fingerprint density at radius 2 is 1.95 bits per heavy atom. The van der Waals surface area contributed by atoms with E-state index >= 15 is 0 Å². The van der Waals surface area contributed by atoms with Gasteiger partial charge in [-0.15, -0.1) is 0 Å². The molecule has 1 aromatic heterocycles. The molecular weight excluding hydrogens is 270 g/mol. The van der Waals surface area contributed by atoms with Gasteiger partial charge in [-0.25, -0.2) is 0 Å². The second-order valence-corrected chi connectivity index (χ2v) is 5.89. The van der Waals surface area contributed by atoms with Crippen LogP contribution in [0.15, 0.2) is 4.52 Å². The molecule has 2 amide bonds. The first-order chi connectivity index (χ1) is 9.91. The Morgan fingerprint density at radius 3 is 2.38 bits per heavy atom. The van der Waals surface area contributed by atoms with E-state index in [4.69, 9.17) is 10.3 Å². The monoisotopic (exact) mass is 293 g/mol. The molecule has 0 unspecified atom stereocenters. The van der Waals surface area contributed by atoms with Crippen LogP contribution in [-0.2, 0) is 4.79 Å². The zero-order valence-corrected chi connectivity index (χ0v) is 12.9. The number of aryl methyl sites for hydroxylation is 2. The Hall–Kier alpha value is -1.85. The van der Waals surface area contributed by atoms with Crippen LogP contribution in [0.1, 0.15) is 54.4 Å². The average Bonchev–Trinajstić information content (AvgIpc) is 2.78. The molecule has 0 spiro atoms. The maximum Gasteiger partial charge on any atom is 0.259 e. The summed E-state index contributed by atoms with van der Waals surface area (Å²) in [6.07, 6.45) is 2.97. The van der Waals surface area contributed by atoms with Crippen LogP contribution in [0.2, 0.25) is 0 Å². The highest BCUT2D eigenvalue weighted by atomic mass is 16.5. The SMILES string of the molecule is CCCC1(C(N)=O)CCN(C(=O)c2c(C)noc2C)CC1. The molecule has 0 aromatic carbocycles. The van der Waals surface area contributed by atoms with Gasteiger partial charge in [0.2, 0.25) is 5.91 Å². The third-order valence-corrected chi connectivity index (χ3v) is 4.51. The van der Waals surface area contributed by atoms with Crippen LogP contribution in [0.4, 0.5) is 0 Å². The summed E-state index contributed by atoms with van der Waals surface area (Å²) in [7, 11) is 0. The molecule has 2 N–H and O–H groups in total. The second kappa shape index (κ2) is 5.87. The minimum Gasteiger partial charge on any atom is -0.369 e. The van der Waals surface area contributed by atoms with Crippen LogP contribution < -0.4 is 5.73 Å². The van der Waals surface area contributed by atoms with Gasteiger partial charge in [-0.2, -0.15) is 0 Å². The van der Waals surface area contributed by atoms with E-state index in [0.29, 0.717) is 42.9 Å². The summed E-state index contributed by atoms with van der Waals surface area (Å²) < 4.78 is 5.05. The molecule has 0 aliphatic carbocycles. The van der Waals surface area contributed by atoms with Gasteiger partial charge >= 0.3 is 0 Å². The fraction of sp³-hybridized carbons (Fsp3) is 0.667. The number of hydrogen-bond acceptors (Lipinski definition) is 4. The van der Waals surface area contributed by atoms with E-state index in [1.54, 1.807) is 18.7 Å². The molecule has 1 aliphatic rings. The van der Waals surface area contributed by atoms with E-state index in [2.05, 4.69) is 5.16 Å². The van der Waals surface area contributed by atoms with Crippen molar-refractivity contribution in [1.82, 2.24) is 10.1 Å². The van der Waals surface area contributed by atoms with Crippen molar-refractivity contribution in [1.29, 1.82) is 0 Å². The molecule has 0 saturated carbocycles. The van der Waals surface area contributed by atoms with Crippen molar-refractivity contribution in [3.8, 4) is 0 Å². The second-order valence-electron chi connectivity index (χ2n) is 5.89. The molecule has 0 bridgehead atoms. The first-order valence-corrected chi connectivity index (χ1v) is 7.43. The van der Waals surface area contributed by atoms with Crippen molar-refractivity contribution in [3.63, 3.8) is 0 Å². The number of aromatic nitrogens is 1. The number of likely N-dealkylation sites (tertiary alicyclic amines) is 1. The lowest BCUT2D eigenvalue weighted by molar-refractivity contribution is -0.130. The van der Waals surface area contributed by atoms with E-state index < -0.39 is 5.41 Å². The number of piperidine rings is 1. The molecule has 6 heteroatoms. The smallest absolute Gasteiger partial charge is 0.259 e. The van der Waals surface area contributed by atoms with Crippen molar-refractivity contribution in [2.24, 2.45) is 11.1 Å². The fourth-order valence-electron chi connectivity index (χ4n) is 3.18. The maximum absolute atomic E-state index is 12.6. The van der Waals surface area contributed by atoms with Crippen molar-refractivity contribution >= 4 is 11.8 Å². The zero-order chi connectivity index (χ0) is 15.6. The van der Waals surface area contributed by atoms with Crippen LogP contribution in [0.5, 0.6) is 0 Å². The standard InChI is InChI=1S/C15H23N3O3/c1-4-5-15(14(16)20)6-8-18(9-7-15)13(19)12-10(2)17-21-11(12)3/h4-9H2,1-3H3,(H2,16,20). The molecule has 2 heterocycles. The minimum atomic E-state index is -0.454.